The van der Waals surface area contributed by atoms with Crippen molar-refractivity contribution in [2.45, 2.75) is 25.9 Å². The molecular formula is C5H10O3. The molecule has 0 aromatic carbocycles. The maximum Gasteiger partial charge on any atom is 0.305 e. The van der Waals surface area contributed by atoms with Crippen molar-refractivity contribution >= 4 is 5.97 Å². The Labute approximate surface area is 47.9 Å². The van der Waals surface area contributed by atoms with Gasteiger partial charge in [-0.2, -0.15) is 0 Å². The molecule has 1 atom stereocenters. The van der Waals surface area contributed by atoms with Crippen molar-refractivity contribution < 1.29 is 15.0 Å². The molecule has 0 bridgehead atoms. The Morgan fingerprint density at radius 3 is 2.38 bits per heavy atom. The summed E-state index contributed by atoms with van der Waals surface area (Å²) in [6.45, 7) is 1.74. The molecule has 0 radical (unpaired) electrons. The van der Waals surface area contributed by atoms with E-state index < -0.39 is 12.1 Å². The average Bonchev–Trinajstić information content (AvgIpc) is 1.65. The first-order chi connectivity index (χ1) is 3.66. The van der Waals surface area contributed by atoms with Gasteiger partial charge >= 0.3 is 5.97 Å². The van der Waals surface area contributed by atoms with E-state index in [9.17, 15) is 4.79 Å². The molecule has 0 rings (SSSR count). The molecule has 0 fully saturated rings. The minimum absolute atomic E-state index is 0.142. The minimum Gasteiger partial charge on any atom is -0.481 e. The highest BCUT2D eigenvalue weighted by atomic mass is 16.4. The Balaban J connectivity index is 3.24. The normalized spacial score (nSPS) is 13.2. The smallest absolute Gasteiger partial charge is 0.305 e. The van der Waals surface area contributed by atoms with Crippen LogP contribution in [0.5, 0.6) is 0 Å². The van der Waals surface area contributed by atoms with E-state index >= 15 is 0 Å². The Morgan fingerprint density at radius 1 is 1.75 bits per heavy atom. The summed E-state index contributed by atoms with van der Waals surface area (Å²) in [5, 5.41) is 16.7. The standard InChI is InChI=1S/C5H10O3/c1-2-4(6)3-5(7)8/h4,6H,2-3H2,1H3,(H,7,8)/t4-/m1/s1. The molecule has 0 saturated heterocycles. The number of hydrogen-bond acceptors (Lipinski definition) is 2. The molecule has 0 spiro atoms. The van der Waals surface area contributed by atoms with Crippen molar-refractivity contribution in [3.05, 3.63) is 0 Å². The van der Waals surface area contributed by atoms with Crippen LogP contribution in [0.15, 0.2) is 0 Å². The Hall–Kier alpha value is -0.570. The molecule has 3 heteroatoms. The fourth-order valence-electron chi connectivity index (χ4n) is 0.346. The highest BCUT2D eigenvalue weighted by Gasteiger charge is 2.04. The number of carboxylic acids is 1. The van der Waals surface area contributed by atoms with Crippen LogP contribution in [-0.2, 0) is 4.79 Å². The highest BCUT2D eigenvalue weighted by molar-refractivity contribution is 5.67. The molecule has 0 aliphatic rings. The van der Waals surface area contributed by atoms with Crippen LogP contribution in [0.25, 0.3) is 0 Å². The molecule has 0 aliphatic heterocycles. The second kappa shape index (κ2) is 3.43. The molecule has 0 aliphatic carbocycles. The van der Waals surface area contributed by atoms with Crippen LogP contribution in [-0.4, -0.2) is 22.3 Å². The molecule has 0 aromatic heterocycles. The van der Waals surface area contributed by atoms with Gasteiger partial charge in [-0.3, -0.25) is 4.79 Å². The molecule has 8 heavy (non-hydrogen) atoms. The van der Waals surface area contributed by atoms with E-state index in [-0.39, 0.29) is 6.42 Å². The third kappa shape index (κ3) is 3.61. The topological polar surface area (TPSA) is 57.5 Å². The van der Waals surface area contributed by atoms with Crippen molar-refractivity contribution in [3.8, 4) is 0 Å². The summed E-state index contributed by atoms with van der Waals surface area (Å²) in [5.41, 5.74) is 0. The second-order valence-electron chi connectivity index (χ2n) is 1.66. The van der Waals surface area contributed by atoms with Crippen molar-refractivity contribution in [2.75, 3.05) is 0 Å². The lowest BCUT2D eigenvalue weighted by Gasteiger charge is -2.00. The van der Waals surface area contributed by atoms with Crippen LogP contribution < -0.4 is 0 Å². The average molecular weight is 118 g/mol. The third-order valence-corrected chi connectivity index (χ3v) is 0.881. The van der Waals surface area contributed by atoms with Gasteiger partial charge in [0.2, 0.25) is 0 Å². The summed E-state index contributed by atoms with van der Waals surface area (Å²) in [4.78, 5) is 9.81. The second-order valence-corrected chi connectivity index (χ2v) is 1.66. The maximum atomic E-state index is 9.81. The zero-order chi connectivity index (χ0) is 6.57. The number of aliphatic hydroxyl groups excluding tert-OH is 1. The van der Waals surface area contributed by atoms with Gasteiger partial charge in [-0.05, 0) is 6.42 Å². The van der Waals surface area contributed by atoms with Crippen molar-refractivity contribution in [2.24, 2.45) is 0 Å². The van der Waals surface area contributed by atoms with Gasteiger partial charge in [-0.15, -0.1) is 0 Å². The summed E-state index contributed by atoms with van der Waals surface area (Å²) < 4.78 is 0. The number of hydrogen-bond donors (Lipinski definition) is 2. The number of carbonyl (C=O) groups is 1. The van der Waals surface area contributed by atoms with Crippen LogP contribution in [0.3, 0.4) is 0 Å². The van der Waals surface area contributed by atoms with Crippen LogP contribution >= 0.6 is 0 Å². The van der Waals surface area contributed by atoms with E-state index in [1.807, 2.05) is 0 Å². The predicted molar refractivity (Wildman–Crippen MR) is 28.6 cm³/mol. The summed E-state index contributed by atoms with van der Waals surface area (Å²) >= 11 is 0. The third-order valence-electron chi connectivity index (χ3n) is 0.881. The molecular weight excluding hydrogens is 108 g/mol. The summed E-state index contributed by atoms with van der Waals surface area (Å²) in [7, 11) is 0. The summed E-state index contributed by atoms with van der Waals surface area (Å²) in [6, 6.07) is 0. The fraction of sp³-hybridized carbons (Fsp3) is 0.800. The molecule has 0 heterocycles. The fourth-order valence-corrected chi connectivity index (χ4v) is 0.346. The van der Waals surface area contributed by atoms with Gasteiger partial charge in [0.1, 0.15) is 0 Å². The number of aliphatic hydroxyl groups is 1. The van der Waals surface area contributed by atoms with Gasteiger partial charge in [0.25, 0.3) is 0 Å². The van der Waals surface area contributed by atoms with Gasteiger partial charge in [-0.25, -0.2) is 0 Å². The van der Waals surface area contributed by atoms with Crippen molar-refractivity contribution in [1.82, 2.24) is 0 Å². The van der Waals surface area contributed by atoms with Crippen molar-refractivity contribution in [1.29, 1.82) is 0 Å². The van der Waals surface area contributed by atoms with Crippen molar-refractivity contribution in [3.63, 3.8) is 0 Å². The van der Waals surface area contributed by atoms with Gasteiger partial charge < -0.3 is 10.2 Å². The van der Waals surface area contributed by atoms with Gasteiger partial charge in [0.05, 0.1) is 12.5 Å². The molecule has 48 valence electrons. The number of rotatable bonds is 3. The largest absolute Gasteiger partial charge is 0.481 e. The lowest BCUT2D eigenvalue weighted by molar-refractivity contribution is -0.139. The first-order valence-electron chi connectivity index (χ1n) is 2.56. The van der Waals surface area contributed by atoms with E-state index in [0.29, 0.717) is 6.42 Å². The molecule has 0 amide bonds. The Morgan fingerprint density at radius 2 is 2.25 bits per heavy atom. The zero-order valence-corrected chi connectivity index (χ0v) is 4.79. The Bertz CT molecular complexity index is 79.7. The van der Waals surface area contributed by atoms with Gasteiger partial charge in [0, 0.05) is 0 Å². The Kier molecular flexibility index (Phi) is 3.19. The molecule has 0 saturated carbocycles. The van der Waals surface area contributed by atoms with Crippen LogP contribution in [0.1, 0.15) is 19.8 Å². The maximum absolute atomic E-state index is 9.81. The van der Waals surface area contributed by atoms with Gasteiger partial charge in [0.15, 0.2) is 0 Å². The number of aliphatic carboxylic acids is 1. The monoisotopic (exact) mass is 118 g/mol. The first kappa shape index (κ1) is 7.43. The number of carboxylic acid groups (broad SMARTS) is 1. The quantitative estimate of drug-likeness (QED) is 0.557. The lowest BCUT2D eigenvalue weighted by atomic mass is 10.2. The first-order valence-corrected chi connectivity index (χ1v) is 2.56. The summed E-state index contributed by atoms with van der Waals surface area (Å²) in [6.07, 6.45) is -0.310. The molecule has 0 aromatic rings. The predicted octanol–water partition coefficient (Wildman–Crippen LogP) is 0.232. The lowest BCUT2D eigenvalue weighted by Crippen LogP contribution is -2.10. The van der Waals surface area contributed by atoms with Crippen LogP contribution in [0.4, 0.5) is 0 Å². The highest BCUT2D eigenvalue weighted by Crippen LogP contribution is 1.94. The van der Waals surface area contributed by atoms with E-state index in [4.69, 9.17) is 10.2 Å². The van der Waals surface area contributed by atoms with Gasteiger partial charge in [-0.1, -0.05) is 6.92 Å². The van der Waals surface area contributed by atoms with E-state index in [2.05, 4.69) is 0 Å². The van der Waals surface area contributed by atoms with Crippen LogP contribution in [0, 0.1) is 0 Å². The van der Waals surface area contributed by atoms with Crippen LogP contribution in [0.2, 0.25) is 0 Å². The zero-order valence-electron chi connectivity index (χ0n) is 4.79. The molecule has 3 nitrogen and oxygen atoms in total. The van der Waals surface area contributed by atoms with E-state index in [1.54, 1.807) is 6.92 Å². The SMILES string of the molecule is CC[C@@H](O)CC(=O)O. The van der Waals surface area contributed by atoms with E-state index in [1.165, 1.54) is 0 Å². The molecule has 0 unspecified atom stereocenters. The van der Waals surface area contributed by atoms with E-state index in [0.717, 1.165) is 0 Å². The summed E-state index contributed by atoms with van der Waals surface area (Å²) in [5.74, 6) is -0.945. The minimum atomic E-state index is -0.945. The molecule has 2 N–H and O–H groups in total.